The molecule has 0 aliphatic heterocycles. The lowest BCUT2D eigenvalue weighted by Gasteiger charge is -2.18. The number of rotatable bonds is 3. The molecule has 0 saturated carbocycles. The van der Waals surface area contributed by atoms with E-state index in [2.05, 4.69) is 22.8 Å². The number of fused-ring (bicyclic) bond motifs is 1. The summed E-state index contributed by atoms with van der Waals surface area (Å²) in [5.41, 5.74) is 2.52. The molecule has 1 atom stereocenters. The van der Waals surface area contributed by atoms with Crippen LogP contribution in [0.2, 0.25) is 0 Å². The zero-order valence-corrected chi connectivity index (χ0v) is 12.3. The van der Waals surface area contributed by atoms with Crippen molar-refractivity contribution in [2.24, 2.45) is 0 Å². The lowest BCUT2D eigenvalue weighted by molar-refractivity contribution is 0.571. The number of aryl methyl sites for hydroxylation is 1. The van der Waals surface area contributed by atoms with Gasteiger partial charge in [0, 0.05) is 10.3 Å². The zero-order chi connectivity index (χ0) is 14.1. The van der Waals surface area contributed by atoms with Crippen molar-refractivity contribution in [2.75, 3.05) is 7.05 Å². The summed E-state index contributed by atoms with van der Waals surface area (Å²) in [7, 11) is 1.87. The van der Waals surface area contributed by atoms with Crippen molar-refractivity contribution in [1.82, 2.24) is 5.32 Å². The minimum atomic E-state index is -0.123. The third kappa shape index (κ3) is 2.13. The van der Waals surface area contributed by atoms with Gasteiger partial charge in [-0.15, -0.1) is 11.3 Å². The molecule has 3 heteroatoms. The maximum absolute atomic E-state index is 14.4. The van der Waals surface area contributed by atoms with Crippen LogP contribution in [0.4, 0.5) is 4.39 Å². The molecule has 1 N–H and O–H groups in total. The second kappa shape index (κ2) is 5.35. The molecule has 1 nitrogen and oxygen atoms in total. The van der Waals surface area contributed by atoms with Crippen LogP contribution in [-0.2, 0) is 0 Å². The molecule has 3 aromatic rings. The summed E-state index contributed by atoms with van der Waals surface area (Å²) >= 11 is 1.70. The largest absolute Gasteiger partial charge is 0.309 e. The summed E-state index contributed by atoms with van der Waals surface area (Å²) in [5, 5.41) is 6.56. The van der Waals surface area contributed by atoms with Crippen LogP contribution in [0.25, 0.3) is 10.1 Å². The minimum absolute atomic E-state index is 0.119. The smallest absolute Gasteiger partial charge is 0.131 e. The first-order valence-electron chi connectivity index (χ1n) is 6.60. The maximum atomic E-state index is 14.4. The highest BCUT2D eigenvalue weighted by Gasteiger charge is 2.20. The first-order valence-corrected chi connectivity index (χ1v) is 7.48. The van der Waals surface area contributed by atoms with Gasteiger partial charge in [-0.25, -0.2) is 4.39 Å². The molecule has 0 aliphatic rings. The van der Waals surface area contributed by atoms with Crippen molar-refractivity contribution >= 4 is 21.4 Å². The van der Waals surface area contributed by atoms with Crippen LogP contribution in [0.3, 0.4) is 0 Å². The van der Waals surface area contributed by atoms with Crippen LogP contribution in [-0.4, -0.2) is 7.05 Å². The van der Waals surface area contributed by atoms with Crippen LogP contribution in [0.1, 0.15) is 22.7 Å². The molecule has 0 fully saturated rings. The van der Waals surface area contributed by atoms with Gasteiger partial charge in [0.15, 0.2) is 0 Å². The highest BCUT2D eigenvalue weighted by Crippen LogP contribution is 2.34. The van der Waals surface area contributed by atoms with Crippen molar-refractivity contribution in [3.05, 3.63) is 70.4 Å². The average Bonchev–Trinajstić information content (AvgIpc) is 2.88. The number of thiophene rings is 1. The van der Waals surface area contributed by atoms with Crippen molar-refractivity contribution in [3.8, 4) is 0 Å². The van der Waals surface area contributed by atoms with E-state index in [4.69, 9.17) is 0 Å². The standard InChI is InChI=1S/C17H16FNS/c1-11-6-5-8-13(16(11)18)17(19-2)14-10-20-15-9-4-3-7-12(14)15/h3-10,17,19H,1-2H3. The number of benzene rings is 2. The Bertz CT molecular complexity index is 748. The molecule has 0 aliphatic carbocycles. The number of nitrogens with one attached hydrogen (secondary N) is 1. The molecular formula is C17H16FNS. The SMILES string of the molecule is CNC(c1cccc(C)c1F)c1csc2ccccc12. The Hall–Kier alpha value is -1.71. The minimum Gasteiger partial charge on any atom is -0.309 e. The quantitative estimate of drug-likeness (QED) is 0.738. The number of hydrogen-bond acceptors (Lipinski definition) is 2. The fraction of sp³-hybridized carbons (Fsp3) is 0.176. The molecule has 1 heterocycles. The molecule has 1 aromatic heterocycles. The molecule has 2 aromatic carbocycles. The maximum Gasteiger partial charge on any atom is 0.131 e. The monoisotopic (exact) mass is 285 g/mol. The highest BCUT2D eigenvalue weighted by atomic mass is 32.1. The van der Waals surface area contributed by atoms with Gasteiger partial charge in [-0.3, -0.25) is 0 Å². The van der Waals surface area contributed by atoms with Gasteiger partial charge in [0.25, 0.3) is 0 Å². The van der Waals surface area contributed by atoms with E-state index < -0.39 is 0 Å². The first kappa shape index (κ1) is 13.3. The highest BCUT2D eigenvalue weighted by molar-refractivity contribution is 7.17. The summed E-state index contributed by atoms with van der Waals surface area (Å²) < 4.78 is 15.6. The topological polar surface area (TPSA) is 12.0 Å². The third-order valence-corrected chi connectivity index (χ3v) is 4.62. The van der Waals surface area contributed by atoms with E-state index in [1.54, 1.807) is 24.3 Å². The fourth-order valence-corrected chi connectivity index (χ4v) is 3.58. The second-order valence-corrected chi connectivity index (χ2v) is 5.80. The van der Waals surface area contributed by atoms with Gasteiger partial charge >= 0.3 is 0 Å². The molecule has 0 spiro atoms. The van der Waals surface area contributed by atoms with E-state index in [0.717, 1.165) is 5.56 Å². The molecule has 0 radical (unpaired) electrons. The van der Waals surface area contributed by atoms with Crippen molar-refractivity contribution < 1.29 is 4.39 Å². The molecule has 20 heavy (non-hydrogen) atoms. The Kier molecular flexibility index (Phi) is 3.55. The normalized spacial score (nSPS) is 12.8. The fourth-order valence-electron chi connectivity index (χ4n) is 2.59. The second-order valence-electron chi connectivity index (χ2n) is 4.89. The summed E-state index contributed by atoms with van der Waals surface area (Å²) in [6.45, 7) is 1.80. The Morgan fingerprint density at radius 2 is 1.85 bits per heavy atom. The Morgan fingerprint density at radius 1 is 1.05 bits per heavy atom. The van der Waals surface area contributed by atoms with E-state index >= 15 is 0 Å². The molecule has 3 rings (SSSR count). The molecule has 0 amide bonds. The zero-order valence-electron chi connectivity index (χ0n) is 11.5. The lowest BCUT2D eigenvalue weighted by Crippen LogP contribution is -2.19. The van der Waals surface area contributed by atoms with Gasteiger partial charge in [0.1, 0.15) is 5.82 Å². The molecule has 0 saturated heterocycles. The summed E-state index contributed by atoms with van der Waals surface area (Å²) in [6, 6.07) is 13.7. The van der Waals surface area contributed by atoms with E-state index in [1.807, 2.05) is 31.3 Å². The third-order valence-electron chi connectivity index (χ3n) is 3.64. The first-order chi connectivity index (χ1) is 9.72. The molecular weight excluding hydrogens is 269 g/mol. The molecule has 0 bridgehead atoms. The van der Waals surface area contributed by atoms with Crippen LogP contribution < -0.4 is 5.32 Å². The van der Waals surface area contributed by atoms with Crippen LogP contribution >= 0.6 is 11.3 Å². The van der Waals surface area contributed by atoms with Gasteiger partial charge in [0.2, 0.25) is 0 Å². The lowest BCUT2D eigenvalue weighted by atomic mass is 9.96. The Balaban J connectivity index is 2.17. The van der Waals surface area contributed by atoms with Crippen LogP contribution in [0.15, 0.2) is 47.8 Å². The number of hydrogen-bond donors (Lipinski definition) is 1. The van der Waals surface area contributed by atoms with E-state index in [9.17, 15) is 4.39 Å². The van der Waals surface area contributed by atoms with Gasteiger partial charge in [0.05, 0.1) is 6.04 Å². The van der Waals surface area contributed by atoms with Crippen LogP contribution in [0, 0.1) is 12.7 Å². The molecule has 1 unspecified atom stereocenters. The van der Waals surface area contributed by atoms with Gasteiger partial charge in [-0.2, -0.15) is 0 Å². The van der Waals surface area contributed by atoms with E-state index in [-0.39, 0.29) is 11.9 Å². The van der Waals surface area contributed by atoms with Crippen molar-refractivity contribution in [1.29, 1.82) is 0 Å². The van der Waals surface area contributed by atoms with Gasteiger partial charge in [-0.05, 0) is 41.9 Å². The number of halogens is 1. The summed E-state index contributed by atoms with van der Waals surface area (Å²) in [4.78, 5) is 0. The van der Waals surface area contributed by atoms with Crippen LogP contribution in [0.5, 0.6) is 0 Å². The van der Waals surface area contributed by atoms with E-state index in [0.29, 0.717) is 11.1 Å². The summed E-state index contributed by atoms with van der Waals surface area (Å²) in [5.74, 6) is -0.123. The molecule has 102 valence electrons. The predicted molar refractivity (Wildman–Crippen MR) is 83.9 cm³/mol. The Morgan fingerprint density at radius 3 is 2.65 bits per heavy atom. The van der Waals surface area contributed by atoms with E-state index in [1.165, 1.54) is 10.1 Å². The van der Waals surface area contributed by atoms with Gasteiger partial charge in [-0.1, -0.05) is 36.4 Å². The van der Waals surface area contributed by atoms with Crippen molar-refractivity contribution in [3.63, 3.8) is 0 Å². The predicted octanol–water partition coefficient (Wildman–Crippen LogP) is 4.66. The van der Waals surface area contributed by atoms with Gasteiger partial charge < -0.3 is 5.32 Å². The average molecular weight is 285 g/mol. The Labute approximate surface area is 122 Å². The summed E-state index contributed by atoms with van der Waals surface area (Å²) in [6.07, 6.45) is 0. The van der Waals surface area contributed by atoms with Crippen molar-refractivity contribution in [2.45, 2.75) is 13.0 Å².